The summed E-state index contributed by atoms with van der Waals surface area (Å²) >= 11 is 6.20. The molecule has 1 aromatic heterocycles. The van der Waals surface area contributed by atoms with Crippen LogP contribution >= 0.6 is 11.6 Å². The second-order valence-corrected chi connectivity index (χ2v) is 9.11. The van der Waals surface area contributed by atoms with Gasteiger partial charge in [-0.3, -0.25) is 9.69 Å². The Labute approximate surface area is 187 Å². The number of nitrogens with zero attached hydrogens (tertiary/aromatic N) is 3. The maximum Gasteiger partial charge on any atom is 0.307 e. The Hall–Kier alpha value is -2.12. The number of rotatable bonds is 6. The molecule has 2 fully saturated rings. The average molecular weight is 449 g/mol. The molecular weight excluding hydrogens is 419 g/mol. The minimum absolute atomic E-state index is 0.134. The predicted octanol–water partition coefficient (Wildman–Crippen LogP) is 4.36. The van der Waals surface area contributed by atoms with E-state index in [9.17, 15) is 9.18 Å². The molecule has 8 heteroatoms. The smallest absolute Gasteiger partial charge is 0.307 e. The summed E-state index contributed by atoms with van der Waals surface area (Å²) in [7, 11) is 0. The Morgan fingerprint density at radius 3 is 2.81 bits per heavy atom. The largest absolute Gasteiger partial charge is 0.441 e. The fourth-order valence-corrected chi connectivity index (χ4v) is 5.09. The number of hydrogen-bond acceptors (Lipinski definition) is 5. The van der Waals surface area contributed by atoms with Gasteiger partial charge in [-0.1, -0.05) is 17.7 Å². The number of benzene rings is 1. The van der Waals surface area contributed by atoms with E-state index in [1.165, 1.54) is 24.9 Å². The second kappa shape index (κ2) is 10.0. The van der Waals surface area contributed by atoms with Crippen molar-refractivity contribution in [3.8, 4) is 0 Å². The lowest BCUT2D eigenvalue weighted by atomic mass is 9.84. The highest BCUT2D eigenvalue weighted by Gasteiger charge is 2.28. The van der Waals surface area contributed by atoms with Gasteiger partial charge in [-0.05, 0) is 63.6 Å². The van der Waals surface area contributed by atoms with E-state index in [1.54, 1.807) is 6.07 Å². The van der Waals surface area contributed by atoms with E-state index in [-0.39, 0.29) is 34.7 Å². The van der Waals surface area contributed by atoms with E-state index >= 15 is 0 Å². The van der Waals surface area contributed by atoms with Crippen molar-refractivity contribution in [1.82, 2.24) is 15.2 Å². The third kappa shape index (κ3) is 5.39. The molecule has 1 aromatic carbocycles. The van der Waals surface area contributed by atoms with Crippen LogP contribution in [0.3, 0.4) is 0 Å². The highest BCUT2D eigenvalue weighted by Crippen LogP contribution is 2.32. The van der Waals surface area contributed by atoms with Gasteiger partial charge in [0.15, 0.2) is 0 Å². The molecule has 4 rings (SSSR count). The van der Waals surface area contributed by atoms with Crippen molar-refractivity contribution < 1.29 is 13.6 Å². The van der Waals surface area contributed by atoms with Crippen molar-refractivity contribution in [2.75, 3.05) is 31.1 Å². The molecule has 0 unspecified atom stereocenters. The monoisotopic (exact) mass is 448 g/mol. The first kappa shape index (κ1) is 22.1. The summed E-state index contributed by atoms with van der Waals surface area (Å²) < 4.78 is 18.9. The number of nitrogens with one attached hydrogen (secondary N) is 1. The molecule has 1 amide bonds. The number of carbonyl (C=O) groups is 1. The topological polar surface area (TPSA) is 61.6 Å². The molecule has 6 nitrogen and oxygen atoms in total. The van der Waals surface area contributed by atoms with Crippen molar-refractivity contribution in [3.63, 3.8) is 0 Å². The Morgan fingerprint density at radius 2 is 2.10 bits per heavy atom. The number of hydrogen-bond donors (Lipinski definition) is 1. The summed E-state index contributed by atoms with van der Waals surface area (Å²) in [6.07, 6.45) is 8.33. The summed E-state index contributed by atoms with van der Waals surface area (Å²) in [6.45, 7) is 6.01. The van der Waals surface area contributed by atoms with Gasteiger partial charge in [0.25, 0.3) is 5.89 Å². The average Bonchev–Trinajstić information content (AvgIpc) is 3.31. The van der Waals surface area contributed by atoms with E-state index in [4.69, 9.17) is 16.0 Å². The first-order valence-electron chi connectivity index (χ1n) is 11.1. The summed E-state index contributed by atoms with van der Waals surface area (Å²) in [4.78, 5) is 20.7. The zero-order valence-electron chi connectivity index (χ0n) is 17.9. The molecule has 1 aliphatic carbocycles. The van der Waals surface area contributed by atoms with Gasteiger partial charge in [0, 0.05) is 31.7 Å². The minimum atomic E-state index is -0.360. The van der Waals surface area contributed by atoms with Crippen LogP contribution in [0.15, 0.2) is 35.1 Å². The third-order valence-electron chi connectivity index (χ3n) is 6.61. The summed E-state index contributed by atoms with van der Waals surface area (Å²) in [5.74, 6) is 0.246. The summed E-state index contributed by atoms with van der Waals surface area (Å²) in [5.41, 5.74) is 0.791. The summed E-state index contributed by atoms with van der Waals surface area (Å²) in [6, 6.07) is 5.52. The molecule has 31 heavy (non-hydrogen) atoms. The van der Waals surface area contributed by atoms with E-state index in [1.807, 2.05) is 6.07 Å². The molecule has 1 atom stereocenters. The number of piperazine rings is 1. The molecule has 0 bridgehead atoms. The predicted molar refractivity (Wildman–Crippen MR) is 119 cm³/mol. The molecule has 2 heterocycles. The molecule has 0 spiro atoms. The van der Waals surface area contributed by atoms with Crippen LogP contribution in [-0.4, -0.2) is 54.1 Å². The lowest BCUT2D eigenvalue weighted by molar-refractivity contribution is 0.0884. The fraction of sp³-hybridized carbons (Fsp3) is 0.565. The standard InChI is InChI=1S/C23H30ClFN4O2/c1-16-15-28(12-13-29(16)20-4-2-3-19(25)21(20)24)11-9-17-5-7-18(8-6-17)27-22(30)23-26-10-14-31-23/h2-4,10,14,16-18H,5-9,11-13,15H2,1H3,(H,27,30)/t16-,17-,18-/m1/s1. The zero-order valence-corrected chi connectivity index (χ0v) is 18.7. The van der Waals surface area contributed by atoms with Crippen molar-refractivity contribution >= 4 is 23.2 Å². The Bertz CT molecular complexity index is 870. The lowest BCUT2D eigenvalue weighted by Gasteiger charge is -2.42. The third-order valence-corrected chi connectivity index (χ3v) is 6.99. The number of anilines is 1. The van der Waals surface area contributed by atoms with Crippen molar-refractivity contribution in [1.29, 1.82) is 0 Å². The van der Waals surface area contributed by atoms with E-state index in [0.29, 0.717) is 5.92 Å². The van der Waals surface area contributed by atoms with Gasteiger partial charge in [-0.25, -0.2) is 9.37 Å². The minimum Gasteiger partial charge on any atom is -0.441 e. The zero-order chi connectivity index (χ0) is 21.8. The van der Waals surface area contributed by atoms with Crippen LogP contribution in [-0.2, 0) is 0 Å². The Morgan fingerprint density at radius 1 is 1.29 bits per heavy atom. The first-order chi connectivity index (χ1) is 15.0. The molecule has 1 N–H and O–H groups in total. The van der Waals surface area contributed by atoms with Gasteiger partial charge in [-0.15, -0.1) is 0 Å². The maximum atomic E-state index is 13.8. The van der Waals surface area contributed by atoms with Crippen LogP contribution in [0.5, 0.6) is 0 Å². The molecule has 2 aliphatic rings. The fourth-order valence-electron chi connectivity index (χ4n) is 4.85. The molecule has 0 radical (unpaired) electrons. The number of oxazole rings is 1. The number of halogens is 2. The van der Waals surface area contributed by atoms with Gasteiger partial charge in [-0.2, -0.15) is 0 Å². The second-order valence-electron chi connectivity index (χ2n) is 8.73. The Kier molecular flexibility index (Phi) is 7.13. The van der Waals surface area contributed by atoms with Crippen LogP contribution in [0.1, 0.15) is 49.7 Å². The molecule has 1 aliphatic heterocycles. The van der Waals surface area contributed by atoms with Gasteiger partial charge in [0.2, 0.25) is 0 Å². The van der Waals surface area contributed by atoms with E-state index in [0.717, 1.165) is 57.5 Å². The van der Waals surface area contributed by atoms with Gasteiger partial charge in [0.1, 0.15) is 12.1 Å². The van der Waals surface area contributed by atoms with E-state index < -0.39 is 0 Å². The van der Waals surface area contributed by atoms with Crippen LogP contribution in [0, 0.1) is 11.7 Å². The molecular formula is C23H30ClFN4O2. The normalized spacial score (nSPS) is 24.9. The van der Waals surface area contributed by atoms with Crippen LogP contribution in [0.4, 0.5) is 10.1 Å². The van der Waals surface area contributed by atoms with E-state index in [2.05, 4.69) is 27.0 Å². The van der Waals surface area contributed by atoms with Crippen LogP contribution in [0.2, 0.25) is 5.02 Å². The summed E-state index contributed by atoms with van der Waals surface area (Å²) in [5, 5.41) is 3.25. The van der Waals surface area contributed by atoms with Crippen LogP contribution < -0.4 is 10.2 Å². The van der Waals surface area contributed by atoms with Crippen molar-refractivity contribution in [2.24, 2.45) is 5.92 Å². The van der Waals surface area contributed by atoms with Gasteiger partial charge >= 0.3 is 5.91 Å². The lowest BCUT2D eigenvalue weighted by Crippen LogP contribution is -2.52. The number of amides is 1. The SMILES string of the molecule is C[C@@H]1CN(CC[C@H]2CC[C@H](NC(=O)c3ncco3)CC2)CCN1c1cccc(F)c1Cl. The molecule has 1 saturated heterocycles. The van der Waals surface area contributed by atoms with Crippen LogP contribution in [0.25, 0.3) is 0 Å². The highest BCUT2D eigenvalue weighted by atomic mass is 35.5. The highest BCUT2D eigenvalue weighted by molar-refractivity contribution is 6.33. The number of aromatic nitrogens is 1. The van der Waals surface area contributed by atoms with Gasteiger partial charge in [0.05, 0.1) is 16.9 Å². The Balaban J connectivity index is 1.19. The first-order valence-corrected chi connectivity index (χ1v) is 11.5. The molecule has 2 aromatic rings. The maximum absolute atomic E-state index is 13.8. The van der Waals surface area contributed by atoms with Gasteiger partial charge < -0.3 is 14.6 Å². The van der Waals surface area contributed by atoms with Crippen molar-refractivity contribution in [2.45, 2.75) is 51.1 Å². The molecule has 1 saturated carbocycles. The van der Waals surface area contributed by atoms with Crippen molar-refractivity contribution in [3.05, 3.63) is 47.4 Å². The quantitative estimate of drug-likeness (QED) is 0.711. The molecule has 168 valence electrons. The number of carbonyl (C=O) groups excluding carboxylic acids is 1.